The summed E-state index contributed by atoms with van der Waals surface area (Å²) in [5, 5.41) is 19.9. The van der Waals surface area contributed by atoms with Gasteiger partial charge in [0, 0.05) is 19.2 Å². The summed E-state index contributed by atoms with van der Waals surface area (Å²) in [4.78, 5) is 12.0. The summed E-state index contributed by atoms with van der Waals surface area (Å²) >= 11 is 0. The lowest BCUT2D eigenvalue weighted by Gasteiger charge is -2.34. The molecule has 1 aliphatic heterocycles. The number of nitro benzene ring substituents is 1. The number of nitrogens with zero attached hydrogens (tertiary/aromatic N) is 2. The summed E-state index contributed by atoms with van der Waals surface area (Å²) < 4.78 is 43.6. The van der Waals surface area contributed by atoms with E-state index in [0.717, 1.165) is 18.6 Å². The number of ether oxygens (including phenoxy) is 1. The van der Waals surface area contributed by atoms with E-state index in [9.17, 15) is 23.3 Å². The number of alkyl halides is 3. The van der Waals surface area contributed by atoms with Crippen molar-refractivity contribution in [3.63, 3.8) is 0 Å². The molecule has 0 spiro atoms. The van der Waals surface area contributed by atoms with E-state index in [1.807, 2.05) is 0 Å². The molecule has 1 N–H and O–H groups in total. The fourth-order valence-electron chi connectivity index (χ4n) is 2.63. The molecule has 1 fully saturated rings. The average molecular weight is 334 g/mol. The van der Waals surface area contributed by atoms with Crippen molar-refractivity contribution in [2.75, 3.05) is 31.2 Å². The fourth-order valence-corrected chi connectivity index (χ4v) is 2.63. The van der Waals surface area contributed by atoms with E-state index in [1.165, 1.54) is 0 Å². The highest BCUT2D eigenvalue weighted by Gasteiger charge is 2.34. The number of anilines is 1. The largest absolute Gasteiger partial charge is 0.416 e. The SMILES string of the molecule is O=[N+]([O-])c1cc(C(F)(F)F)ccc1N1CCCC(OCCO)C1. The zero-order valence-electron chi connectivity index (χ0n) is 12.3. The third kappa shape index (κ3) is 4.32. The highest BCUT2D eigenvalue weighted by molar-refractivity contribution is 5.65. The minimum absolute atomic E-state index is 0.128. The third-order valence-corrected chi connectivity index (χ3v) is 3.66. The maximum Gasteiger partial charge on any atom is 0.416 e. The molecule has 0 bridgehead atoms. The number of benzene rings is 1. The second-order valence-corrected chi connectivity index (χ2v) is 5.26. The molecule has 128 valence electrons. The van der Waals surface area contributed by atoms with Crippen molar-refractivity contribution < 1.29 is 27.9 Å². The molecule has 2 rings (SSSR count). The van der Waals surface area contributed by atoms with Crippen LogP contribution in [0.4, 0.5) is 24.5 Å². The van der Waals surface area contributed by atoms with Gasteiger partial charge in [0.1, 0.15) is 5.69 Å². The minimum atomic E-state index is -4.63. The molecular weight excluding hydrogens is 317 g/mol. The van der Waals surface area contributed by atoms with Gasteiger partial charge >= 0.3 is 6.18 Å². The summed E-state index contributed by atoms with van der Waals surface area (Å²) in [5.74, 6) is 0. The number of hydrogen-bond acceptors (Lipinski definition) is 5. The van der Waals surface area contributed by atoms with Crippen LogP contribution >= 0.6 is 0 Å². The number of hydrogen-bond donors (Lipinski definition) is 1. The Morgan fingerprint density at radius 1 is 1.43 bits per heavy atom. The van der Waals surface area contributed by atoms with Crippen LogP contribution in [0.5, 0.6) is 0 Å². The van der Waals surface area contributed by atoms with Crippen molar-refractivity contribution in [1.82, 2.24) is 0 Å². The van der Waals surface area contributed by atoms with Crippen molar-refractivity contribution in [1.29, 1.82) is 0 Å². The molecule has 1 saturated heterocycles. The lowest BCUT2D eigenvalue weighted by atomic mass is 10.1. The molecule has 1 aromatic rings. The molecule has 1 atom stereocenters. The Bertz CT molecular complexity index is 565. The Balaban J connectivity index is 2.26. The van der Waals surface area contributed by atoms with E-state index in [0.29, 0.717) is 25.6 Å². The van der Waals surface area contributed by atoms with Crippen molar-refractivity contribution >= 4 is 11.4 Å². The van der Waals surface area contributed by atoms with E-state index >= 15 is 0 Å². The fraction of sp³-hybridized carbons (Fsp3) is 0.571. The maximum atomic E-state index is 12.7. The maximum absolute atomic E-state index is 12.7. The first kappa shape index (κ1) is 17.5. The van der Waals surface area contributed by atoms with Crippen molar-refractivity contribution in [3.05, 3.63) is 33.9 Å². The Morgan fingerprint density at radius 3 is 2.78 bits per heavy atom. The lowest BCUT2D eigenvalue weighted by Crippen LogP contribution is -2.40. The third-order valence-electron chi connectivity index (χ3n) is 3.66. The van der Waals surface area contributed by atoms with Gasteiger partial charge in [0.15, 0.2) is 0 Å². The summed E-state index contributed by atoms with van der Waals surface area (Å²) in [6.45, 7) is 0.877. The number of rotatable bonds is 5. The lowest BCUT2D eigenvalue weighted by molar-refractivity contribution is -0.384. The molecule has 1 unspecified atom stereocenters. The van der Waals surface area contributed by atoms with Gasteiger partial charge in [-0.1, -0.05) is 0 Å². The molecule has 1 heterocycles. The molecule has 9 heteroatoms. The molecule has 1 aliphatic rings. The van der Waals surface area contributed by atoms with E-state index in [-0.39, 0.29) is 25.0 Å². The van der Waals surface area contributed by atoms with Crippen molar-refractivity contribution in [2.24, 2.45) is 0 Å². The number of halogens is 3. The van der Waals surface area contributed by atoms with Gasteiger partial charge in [0.25, 0.3) is 5.69 Å². The van der Waals surface area contributed by atoms with Crippen molar-refractivity contribution in [3.8, 4) is 0 Å². The quantitative estimate of drug-likeness (QED) is 0.662. The normalized spacial score (nSPS) is 19.0. The van der Waals surface area contributed by atoms with Crippen LogP contribution in [0.15, 0.2) is 18.2 Å². The summed E-state index contributed by atoms with van der Waals surface area (Å²) in [5.41, 5.74) is -1.46. The first-order chi connectivity index (χ1) is 10.8. The summed E-state index contributed by atoms with van der Waals surface area (Å²) in [6.07, 6.45) is -3.39. The monoisotopic (exact) mass is 334 g/mol. The van der Waals surface area contributed by atoms with Gasteiger partial charge in [0.05, 0.1) is 29.8 Å². The molecule has 0 aromatic heterocycles. The molecule has 0 saturated carbocycles. The van der Waals surface area contributed by atoms with Gasteiger partial charge in [0.2, 0.25) is 0 Å². The smallest absolute Gasteiger partial charge is 0.394 e. The first-order valence-electron chi connectivity index (χ1n) is 7.16. The van der Waals surface area contributed by atoms with Crippen LogP contribution in [-0.2, 0) is 10.9 Å². The zero-order valence-corrected chi connectivity index (χ0v) is 12.3. The number of aliphatic hydroxyl groups excluding tert-OH is 1. The molecular formula is C14H17F3N2O4. The Morgan fingerprint density at radius 2 is 2.17 bits per heavy atom. The zero-order chi connectivity index (χ0) is 17.0. The van der Waals surface area contributed by atoms with Crippen LogP contribution in [0.2, 0.25) is 0 Å². The minimum Gasteiger partial charge on any atom is -0.394 e. The van der Waals surface area contributed by atoms with Gasteiger partial charge in [-0.15, -0.1) is 0 Å². The van der Waals surface area contributed by atoms with Gasteiger partial charge in [-0.3, -0.25) is 10.1 Å². The summed E-state index contributed by atoms with van der Waals surface area (Å²) in [6, 6.07) is 2.55. The number of piperidine rings is 1. The molecule has 0 aliphatic carbocycles. The molecule has 6 nitrogen and oxygen atoms in total. The highest BCUT2D eigenvalue weighted by atomic mass is 19.4. The Labute approximate surface area is 130 Å². The molecule has 0 amide bonds. The van der Waals surface area contributed by atoms with Crippen LogP contribution < -0.4 is 4.90 Å². The molecule has 23 heavy (non-hydrogen) atoms. The first-order valence-corrected chi connectivity index (χ1v) is 7.16. The van der Waals surface area contributed by atoms with Gasteiger partial charge in [-0.2, -0.15) is 13.2 Å². The van der Waals surface area contributed by atoms with Gasteiger partial charge in [-0.05, 0) is 25.0 Å². The predicted molar refractivity (Wildman–Crippen MR) is 76.4 cm³/mol. The van der Waals surface area contributed by atoms with E-state index < -0.39 is 22.4 Å². The van der Waals surface area contributed by atoms with Gasteiger partial charge in [-0.25, -0.2) is 0 Å². The Kier molecular flexibility index (Phi) is 5.42. The second kappa shape index (κ2) is 7.14. The molecule has 1 aromatic carbocycles. The highest BCUT2D eigenvalue weighted by Crippen LogP contribution is 2.37. The summed E-state index contributed by atoms with van der Waals surface area (Å²) in [7, 11) is 0. The van der Waals surface area contributed by atoms with Crippen LogP contribution in [-0.4, -0.2) is 42.4 Å². The van der Waals surface area contributed by atoms with E-state index in [4.69, 9.17) is 9.84 Å². The van der Waals surface area contributed by atoms with Crippen LogP contribution in [0.3, 0.4) is 0 Å². The van der Waals surface area contributed by atoms with Gasteiger partial charge < -0.3 is 14.7 Å². The predicted octanol–water partition coefficient (Wildman–Crippen LogP) is 2.59. The van der Waals surface area contributed by atoms with Crippen molar-refractivity contribution in [2.45, 2.75) is 25.1 Å². The Hall–Kier alpha value is -1.87. The van der Waals surface area contributed by atoms with Crippen LogP contribution in [0, 0.1) is 10.1 Å². The van der Waals surface area contributed by atoms with Crippen LogP contribution in [0.1, 0.15) is 18.4 Å². The number of nitro groups is 1. The topological polar surface area (TPSA) is 75.8 Å². The number of aliphatic hydroxyl groups is 1. The van der Waals surface area contributed by atoms with E-state index in [2.05, 4.69) is 0 Å². The average Bonchev–Trinajstić information content (AvgIpc) is 2.51. The second-order valence-electron chi connectivity index (χ2n) is 5.26. The van der Waals surface area contributed by atoms with E-state index in [1.54, 1.807) is 4.90 Å². The van der Waals surface area contributed by atoms with Crippen LogP contribution in [0.25, 0.3) is 0 Å². The standard InChI is InChI=1S/C14H17F3N2O4/c15-14(16,17)10-3-4-12(13(8-10)19(21)22)18-5-1-2-11(9-18)23-7-6-20/h3-4,8,11,20H,1-2,5-7,9H2. The molecule has 0 radical (unpaired) electrons.